The number of carbonyl (C=O) groups excluding carboxylic acids is 2. The van der Waals surface area contributed by atoms with Gasteiger partial charge in [-0.2, -0.15) is 0 Å². The molecule has 0 amide bonds. The lowest BCUT2D eigenvalue weighted by Crippen LogP contribution is -2.38. The van der Waals surface area contributed by atoms with Crippen molar-refractivity contribution < 1.29 is 19.1 Å². The highest BCUT2D eigenvalue weighted by atomic mass is 16.6. The van der Waals surface area contributed by atoms with Crippen LogP contribution in [0.25, 0.3) is 0 Å². The Morgan fingerprint density at radius 3 is 2.62 bits per heavy atom. The summed E-state index contributed by atoms with van der Waals surface area (Å²) in [7, 11) is 0. The Hall–Kier alpha value is -0.940. The van der Waals surface area contributed by atoms with E-state index in [1.165, 1.54) is 0 Å². The van der Waals surface area contributed by atoms with E-state index >= 15 is 0 Å². The number of nitrogens with zero attached hydrogens (tertiary/aromatic N) is 1. The van der Waals surface area contributed by atoms with Gasteiger partial charge in [0.05, 0.1) is 13.2 Å². The molecule has 0 spiro atoms. The summed E-state index contributed by atoms with van der Waals surface area (Å²) in [6, 6.07) is 0. The largest absolute Gasteiger partial charge is 0.462 e. The summed E-state index contributed by atoms with van der Waals surface area (Å²) < 4.78 is 10.0. The zero-order valence-corrected chi connectivity index (χ0v) is 9.74. The van der Waals surface area contributed by atoms with Crippen LogP contribution >= 0.6 is 0 Å². The molecule has 0 aromatic heterocycles. The van der Waals surface area contributed by atoms with E-state index in [-0.39, 0.29) is 18.3 Å². The molecule has 0 radical (unpaired) electrons. The molecule has 0 aliphatic carbocycles. The van der Waals surface area contributed by atoms with E-state index in [0.717, 1.165) is 0 Å². The van der Waals surface area contributed by atoms with Gasteiger partial charge in [-0.3, -0.25) is 14.5 Å². The highest BCUT2D eigenvalue weighted by Crippen LogP contribution is 2.05. The molecule has 0 atom stereocenters. The molecule has 0 bridgehead atoms. The van der Waals surface area contributed by atoms with E-state index in [9.17, 15) is 9.59 Å². The van der Waals surface area contributed by atoms with Crippen LogP contribution in [-0.2, 0) is 19.1 Å². The van der Waals surface area contributed by atoms with Crippen LogP contribution < -0.4 is 0 Å². The first-order valence-corrected chi connectivity index (χ1v) is 5.69. The lowest BCUT2D eigenvalue weighted by atomic mass is 10.1. The molecule has 0 N–H and O–H groups in total. The number of rotatable bonds is 6. The quantitative estimate of drug-likeness (QED) is 0.482. The minimum Gasteiger partial charge on any atom is -0.462 e. The molecule has 1 fully saturated rings. The predicted octanol–water partition coefficient (Wildman–Crippen LogP) is 0.231. The summed E-state index contributed by atoms with van der Waals surface area (Å²) in [4.78, 5) is 24.3. The summed E-state index contributed by atoms with van der Waals surface area (Å²) in [5.74, 6) is 0.0371. The molecule has 92 valence electrons. The Morgan fingerprint density at radius 1 is 1.31 bits per heavy atom. The molecule has 0 unspecified atom stereocenters. The summed E-state index contributed by atoms with van der Waals surface area (Å²) >= 11 is 0. The maximum absolute atomic E-state index is 11.4. The molecule has 1 rings (SSSR count). The van der Waals surface area contributed by atoms with Gasteiger partial charge in [0.2, 0.25) is 0 Å². The second kappa shape index (κ2) is 7.35. The van der Waals surface area contributed by atoms with Crippen molar-refractivity contribution in [3.63, 3.8) is 0 Å². The molecule has 5 nitrogen and oxygen atoms in total. The van der Waals surface area contributed by atoms with Gasteiger partial charge in [-0.25, -0.2) is 0 Å². The molecular weight excluding hydrogens is 210 g/mol. The molecule has 0 aromatic rings. The lowest BCUT2D eigenvalue weighted by molar-refractivity contribution is -0.147. The fourth-order valence-electron chi connectivity index (χ4n) is 1.55. The molecular formula is C11H19NO4. The fourth-order valence-corrected chi connectivity index (χ4v) is 1.55. The van der Waals surface area contributed by atoms with Crippen molar-refractivity contribution in [2.75, 3.05) is 39.5 Å². The van der Waals surface area contributed by atoms with Gasteiger partial charge < -0.3 is 9.47 Å². The highest BCUT2D eigenvalue weighted by Gasteiger charge is 2.18. The van der Waals surface area contributed by atoms with E-state index in [0.29, 0.717) is 45.8 Å². The number of hydrogen-bond acceptors (Lipinski definition) is 5. The first-order chi connectivity index (χ1) is 7.72. The van der Waals surface area contributed by atoms with Gasteiger partial charge in [0.1, 0.15) is 12.4 Å². The fraction of sp³-hybridized carbons (Fsp3) is 0.818. The second-order valence-corrected chi connectivity index (χ2v) is 3.73. The molecule has 1 heterocycles. The van der Waals surface area contributed by atoms with Crippen LogP contribution in [0.3, 0.4) is 0 Å². The summed E-state index contributed by atoms with van der Waals surface area (Å²) in [6.45, 7) is 4.89. The van der Waals surface area contributed by atoms with Gasteiger partial charge in [-0.15, -0.1) is 0 Å². The van der Waals surface area contributed by atoms with Gasteiger partial charge in [0, 0.05) is 32.5 Å². The summed E-state index contributed by atoms with van der Waals surface area (Å²) in [5.41, 5.74) is 0. The topological polar surface area (TPSA) is 55.8 Å². The number of ketones is 1. The van der Waals surface area contributed by atoms with Crippen molar-refractivity contribution in [3.8, 4) is 0 Å². The third kappa shape index (κ3) is 5.23. The Labute approximate surface area is 95.7 Å². The van der Waals surface area contributed by atoms with Gasteiger partial charge in [0.25, 0.3) is 0 Å². The molecule has 5 heteroatoms. The van der Waals surface area contributed by atoms with Gasteiger partial charge >= 0.3 is 5.97 Å². The molecule has 0 saturated carbocycles. The van der Waals surface area contributed by atoms with Crippen molar-refractivity contribution in [2.45, 2.75) is 19.8 Å². The zero-order valence-electron chi connectivity index (χ0n) is 9.74. The van der Waals surface area contributed by atoms with Crippen molar-refractivity contribution in [2.24, 2.45) is 0 Å². The maximum atomic E-state index is 11.4. The number of piperidine rings is 1. The smallest absolute Gasteiger partial charge is 0.320 e. The van der Waals surface area contributed by atoms with Crippen LogP contribution in [0.1, 0.15) is 19.8 Å². The second-order valence-electron chi connectivity index (χ2n) is 3.73. The van der Waals surface area contributed by atoms with Crippen molar-refractivity contribution in [3.05, 3.63) is 0 Å². The number of likely N-dealkylation sites (tertiary alicyclic amines) is 1. The Balaban J connectivity index is 2.07. The summed E-state index contributed by atoms with van der Waals surface area (Å²) in [5, 5.41) is 0. The summed E-state index contributed by atoms with van der Waals surface area (Å²) in [6.07, 6.45) is 1.10. The molecule has 1 aliphatic rings. The van der Waals surface area contributed by atoms with E-state index in [4.69, 9.17) is 9.47 Å². The average molecular weight is 229 g/mol. The van der Waals surface area contributed by atoms with E-state index in [2.05, 4.69) is 0 Å². The van der Waals surface area contributed by atoms with Crippen molar-refractivity contribution in [1.82, 2.24) is 4.90 Å². The zero-order chi connectivity index (χ0) is 11.8. The van der Waals surface area contributed by atoms with Gasteiger partial charge in [0.15, 0.2) is 0 Å². The van der Waals surface area contributed by atoms with Gasteiger partial charge in [-0.1, -0.05) is 0 Å². The van der Waals surface area contributed by atoms with Crippen LogP contribution in [0.4, 0.5) is 0 Å². The van der Waals surface area contributed by atoms with Crippen molar-refractivity contribution in [1.29, 1.82) is 0 Å². The minimum atomic E-state index is -0.242. The minimum absolute atomic E-state index is 0.242. The molecule has 16 heavy (non-hydrogen) atoms. The Morgan fingerprint density at radius 2 is 2.00 bits per heavy atom. The van der Waals surface area contributed by atoms with Crippen LogP contribution in [0, 0.1) is 0 Å². The van der Waals surface area contributed by atoms with Crippen LogP contribution in [-0.4, -0.2) is 56.1 Å². The molecule has 0 aromatic carbocycles. The normalized spacial score (nSPS) is 17.4. The average Bonchev–Trinajstić information content (AvgIpc) is 2.28. The Kier molecular flexibility index (Phi) is 6.03. The van der Waals surface area contributed by atoms with E-state index in [1.54, 1.807) is 0 Å². The third-order valence-electron chi connectivity index (χ3n) is 2.46. The van der Waals surface area contributed by atoms with E-state index in [1.807, 2.05) is 11.8 Å². The Bertz CT molecular complexity index is 232. The maximum Gasteiger partial charge on any atom is 0.320 e. The SMILES string of the molecule is CCOCCOC(=O)CN1CCC(=O)CC1. The van der Waals surface area contributed by atoms with E-state index < -0.39 is 0 Å². The first kappa shape index (κ1) is 13.1. The highest BCUT2D eigenvalue weighted by molar-refractivity contribution is 5.80. The number of Topliss-reactive ketones (excluding diaryl/α,β-unsaturated/α-hetero) is 1. The number of esters is 1. The monoisotopic (exact) mass is 229 g/mol. The number of ether oxygens (including phenoxy) is 2. The number of carbonyl (C=O) groups is 2. The van der Waals surface area contributed by atoms with Crippen molar-refractivity contribution >= 4 is 11.8 Å². The standard InChI is InChI=1S/C11H19NO4/c1-2-15-7-8-16-11(14)9-12-5-3-10(13)4-6-12/h2-9H2,1H3. The lowest BCUT2D eigenvalue weighted by Gasteiger charge is -2.24. The number of hydrogen-bond donors (Lipinski definition) is 0. The third-order valence-corrected chi connectivity index (χ3v) is 2.46. The van der Waals surface area contributed by atoms with Crippen LogP contribution in [0.2, 0.25) is 0 Å². The predicted molar refractivity (Wildman–Crippen MR) is 58.1 cm³/mol. The van der Waals surface area contributed by atoms with Gasteiger partial charge in [-0.05, 0) is 6.92 Å². The molecule has 1 aliphatic heterocycles. The van der Waals surface area contributed by atoms with Crippen LogP contribution in [0.5, 0.6) is 0 Å². The van der Waals surface area contributed by atoms with Crippen LogP contribution in [0.15, 0.2) is 0 Å². The first-order valence-electron chi connectivity index (χ1n) is 5.69. The molecule has 1 saturated heterocycles.